The number of benzene rings is 5. The number of anilines is 2. The van der Waals surface area contributed by atoms with Gasteiger partial charge in [0, 0.05) is 22.9 Å². The van der Waals surface area contributed by atoms with Gasteiger partial charge in [0.1, 0.15) is 0 Å². The maximum absolute atomic E-state index is 13.2. The van der Waals surface area contributed by atoms with E-state index in [0.29, 0.717) is 17.4 Å². The maximum Gasteiger partial charge on any atom is 0.256 e. The van der Waals surface area contributed by atoms with E-state index in [1.807, 2.05) is 54.6 Å². The van der Waals surface area contributed by atoms with Crippen LogP contribution < -0.4 is 10.6 Å². The highest BCUT2D eigenvalue weighted by Gasteiger charge is 2.38. The van der Waals surface area contributed by atoms with Gasteiger partial charge in [-0.25, -0.2) is 0 Å². The zero-order chi connectivity index (χ0) is 24.1. The van der Waals surface area contributed by atoms with Gasteiger partial charge in [0.2, 0.25) is 0 Å². The Morgan fingerprint density at radius 2 is 1.53 bits per heavy atom. The van der Waals surface area contributed by atoms with E-state index in [1.54, 1.807) is 0 Å². The van der Waals surface area contributed by atoms with Crippen LogP contribution in [0.1, 0.15) is 39.9 Å². The number of carbonyl (C=O) groups excluding carboxylic acids is 1. The average Bonchev–Trinajstić information content (AvgIpc) is 3.42. The van der Waals surface area contributed by atoms with Crippen molar-refractivity contribution in [1.29, 1.82) is 0 Å². The van der Waals surface area contributed by atoms with E-state index in [9.17, 15) is 4.79 Å². The van der Waals surface area contributed by atoms with Crippen molar-refractivity contribution in [3.8, 4) is 0 Å². The molecule has 7 rings (SSSR count). The summed E-state index contributed by atoms with van der Waals surface area (Å²) in [7, 11) is 0. The van der Waals surface area contributed by atoms with Crippen LogP contribution in [-0.2, 0) is 0 Å². The van der Waals surface area contributed by atoms with Crippen LogP contribution in [0.25, 0.3) is 21.5 Å². The number of rotatable bonds is 3. The predicted molar refractivity (Wildman–Crippen MR) is 149 cm³/mol. The normalized spacial score (nSPS) is 20.1. The van der Waals surface area contributed by atoms with Crippen molar-refractivity contribution >= 4 is 38.8 Å². The minimum Gasteiger partial charge on any atom is -0.378 e. The Balaban J connectivity index is 1.22. The van der Waals surface area contributed by atoms with Crippen molar-refractivity contribution in [1.82, 2.24) is 0 Å². The third-order valence-electron chi connectivity index (χ3n) is 7.79. The van der Waals surface area contributed by atoms with Gasteiger partial charge < -0.3 is 10.6 Å². The molecule has 36 heavy (non-hydrogen) atoms. The first-order chi connectivity index (χ1) is 17.8. The fourth-order valence-corrected chi connectivity index (χ4v) is 6.14. The minimum absolute atomic E-state index is 0.0854. The fraction of sp³-hybridized carbons (Fsp3) is 0.121. The first kappa shape index (κ1) is 21.0. The molecule has 1 aliphatic heterocycles. The summed E-state index contributed by atoms with van der Waals surface area (Å²) in [5.74, 6) is 0.733. The summed E-state index contributed by atoms with van der Waals surface area (Å²) in [6.07, 6.45) is 5.75. The summed E-state index contributed by atoms with van der Waals surface area (Å²) in [5.41, 5.74) is 5.32. The van der Waals surface area contributed by atoms with Gasteiger partial charge in [-0.15, -0.1) is 0 Å². The van der Waals surface area contributed by atoms with Crippen LogP contribution in [0.3, 0.4) is 0 Å². The Bertz CT molecular complexity index is 1660. The SMILES string of the molecule is O=C(Nc1cccc(C2Nc3ccc4ccccc4c3C3C=CCC32)c1)c1cccc2ccccc12. The van der Waals surface area contributed by atoms with Crippen LogP contribution in [0, 0.1) is 5.92 Å². The van der Waals surface area contributed by atoms with Gasteiger partial charge in [-0.2, -0.15) is 0 Å². The van der Waals surface area contributed by atoms with E-state index >= 15 is 0 Å². The first-order valence-electron chi connectivity index (χ1n) is 12.6. The van der Waals surface area contributed by atoms with E-state index in [0.717, 1.165) is 22.9 Å². The molecule has 5 aromatic rings. The van der Waals surface area contributed by atoms with Crippen molar-refractivity contribution in [2.24, 2.45) is 5.92 Å². The lowest BCUT2D eigenvalue weighted by Crippen LogP contribution is -2.29. The highest BCUT2D eigenvalue weighted by Crippen LogP contribution is 2.51. The van der Waals surface area contributed by atoms with Gasteiger partial charge in [-0.05, 0) is 69.3 Å². The zero-order valence-electron chi connectivity index (χ0n) is 19.8. The molecular formula is C33H26N2O. The number of fused-ring (bicyclic) bond motifs is 6. The summed E-state index contributed by atoms with van der Waals surface area (Å²) >= 11 is 0. The van der Waals surface area contributed by atoms with E-state index in [2.05, 4.69) is 71.3 Å². The second-order valence-corrected chi connectivity index (χ2v) is 9.83. The summed E-state index contributed by atoms with van der Waals surface area (Å²) in [4.78, 5) is 13.2. The van der Waals surface area contributed by atoms with Crippen molar-refractivity contribution in [3.05, 3.63) is 132 Å². The van der Waals surface area contributed by atoms with Crippen LogP contribution in [-0.4, -0.2) is 5.91 Å². The molecule has 0 fully saturated rings. The van der Waals surface area contributed by atoms with Crippen molar-refractivity contribution in [2.75, 3.05) is 10.6 Å². The number of amides is 1. The van der Waals surface area contributed by atoms with Gasteiger partial charge in [-0.1, -0.05) is 91.0 Å². The molecule has 3 nitrogen and oxygen atoms in total. The summed E-state index contributed by atoms with van der Waals surface area (Å²) in [5, 5.41) is 11.7. The highest BCUT2D eigenvalue weighted by atomic mass is 16.1. The molecule has 0 radical (unpaired) electrons. The standard InChI is InChI=1S/C33H26N2O/c36-33(29-17-6-10-21-8-1-3-13-25(21)29)34-24-12-5-11-23(20-24)32-28-16-7-15-27(28)31-26-14-4-2-9-22(26)18-19-30(31)35-32/h1-15,17-20,27-28,32,35H,16H2,(H,34,36). The largest absolute Gasteiger partial charge is 0.378 e. The Morgan fingerprint density at radius 1 is 0.778 bits per heavy atom. The Morgan fingerprint density at radius 3 is 2.42 bits per heavy atom. The lowest BCUT2D eigenvalue weighted by atomic mass is 9.75. The second kappa shape index (κ2) is 8.39. The Hall–Kier alpha value is -4.37. The molecule has 3 heteroatoms. The molecule has 3 unspecified atom stereocenters. The second-order valence-electron chi connectivity index (χ2n) is 9.83. The molecule has 5 aromatic carbocycles. The van der Waals surface area contributed by atoms with Gasteiger partial charge in [0.05, 0.1) is 6.04 Å². The number of hydrogen-bond acceptors (Lipinski definition) is 2. The minimum atomic E-state index is -0.0854. The Labute approximate surface area is 210 Å². The molecule has 2 N–H and O–H groups in total. The lowest BCUT2D eigenvalue weighted by molar-refractivity contribution is 0.102. The molecule has 0 spiro atoms. The molecule has 2 aliphatic rings. The van der Waals surface area contributed by atoms with Gasteiger partial charge >= 0.3 is 0 Å². The van der Waals surface area contributed by atoms with Gasteiger partial charge in [0.15, 0.2) is 0 Å². The van der Waals surface area contributed by atoms with Gasteiger partial charge in [-0.3, -0.25) is 4.79 Å². The van der Waals surface area contributed by atoms with Crippen LogP contribution in [0.4, 0.5) is 11.4 Å². The van der Waals surface area contributed by atoms with E-state index in [4.69, 9.17) is 0 Å². The molecular weight excluding hydrogens is 440 g/mol. The smallest absolute Gasteiger partial charge is 0.256 e. The first-order valence-corrected chi connectivity index (χ1v) is 12.6. The molecule has 3 atom stereocenters. The molecule has 1 amide bonds. The number of nitrogens with one attached hydrogen (secondary N) is 2. The molecule has 174 valence electrons. The van der Waals surface area contributed by atoms with Crippen LogP contribution in [0.5, 0.6) is 0 Å². The molecule has 0 bridgehead atoms. The molecule has 1 heterocycles. The van der Waals surface area contributed by atoms with Crippen molar-refractivity contribution in [3.63, 3.8) is 0 Å². The van der Waals surface area contributed by atoms with E-state index in [-0.39, 0.29) is 11.9 Å². The number of carbonyl (C=O) groups is 1. The highest BCUT2D eigenvalue weighted by molar-refractivity contribution is 6.13. The Kier molecular flexibility index (Phi) is 4.88. The molecule has 0 aromatic heterocycles. The van der Waals surface area contributed by atoms with E-state index < -0.39 is 0 Å². The van der Waals surface area contributed by atoms with Crippen LogP contribution >= 0.6 is 0 Å². The third kappa shape index (κ3) is 3.39. The van der Waals surface area contributed by atoms with Gasteiger partial charge in [0.25, 0.3) is 5.91 Å². The summed E-state index contributed by atoms with van der Waals surface area (Å²) in [6.45, 7) is 0. The average molecular weight is 467 g/mol. The van der Waals surface area contributed by atoms with Crippen molar-refractivity contribution in [2.45, 2.75) is 18.4 Å². The number of allylic oxidation sites excluding steroid dienone is 2. The molecule has 1 aliphatic carbocycles. The summed E-state index contributed by atoms with van der Waals surface area (Å²) in [6, 6.07) is 35.5. The quantitative estimate of drug-likeness (QED) is 0.264. The zero-order valence-corrected chi connectivity index (χ0v) is 19.8. The summed E-state index contributed by atoms with van der Waals surface area (Å²) < 4.78 is 0. The van der Waals surface area contributed by atoms with Crippen molar-refractivity contribution < 1.29 is 4.79 Å². The molecule has 0 saturated heterocycles. The van der Waals surface area contributed by atoms with Crippen LogP contribution in [0.2, 0.25) is 0 Å². The predicted octanol–water partition coefficient (Wildman–Crippen LogP) is 8.07. The maximum atomic E-state index is 13.2. The lowest BCUT2D eigenvalue weighted by Gasteiger charge is -2.38. The fourth-order valence-electron chi connectivity index (χ4n) is 6.14. The third-order valence-corrected chi connectivity index (χ3v) is 7.79. The van der Waals surface area contributed by atoms with E-state index in [1.165, 1.54) is 27.6 Å². The number of hydrogen-bond donors (Lipinski definition) is 2. The monoisotopic (exact) mass is 466 g/mol. The van der Waals surface area contributed by atoms with Crippen LogP contribution in [0.15, 0.2) is 115 Å². The topological polar surface area (TPSA) is 41.1 Å². The molecule has 0 saturated carbocycles.